The van der Waals surface area contributed by atoms with Gasteiger partial charge in [0.25, 0.3) is 0 Å². The molecule has 22 heavy (non-hydrogen) atoms. The number of nitriles is 2. The van der Waals surface area contributed by atoms with Gasteiger partial charge in [0, 0.05) is 32.3 Å². The van der Waals surface area contributed by atoms with Crippen LogP contribution < -0.4 is 5.32 Å². The summed E-state index contributed by atoms with van der Waals surface area (Å²) < 4.78 is 0. The van der Waals surface area contributed by atoms with Crippen molar-refractivity contribution in [2.45, 2.75) is 26.2 Å². The highest BCUT2D eigenvalue weighted by atomic mass is 15.2. The van der Waals surface area contributed by atoms with Gasteiger partial charge >= 0.3 is 0 Å². The molecule has 5 heteroatoms. The molecule has 2 rings (SSSR count). The van der Waals surface area contributed by atoms with Crippen LogP contribution in [-0.4, -0.2) is 36.1 Å². The van der Waals surface area contributed by atoms with Gasteiger partial charge < -0.3 is 10.2 Å². The van der Waals surface area contributed by atoms with Crippen molar-refractivity contribution in [3.05, 3.63) is 23.9 Å². The van der Waals surface area contributed by atoms with E-state index in [-0.39, 0.29) is 5.92 Å². The van der Waals surface area contributed by atoms with Crippen molar-refractivity contribution in [3.8, 4) is 12.1 Å². The summed E-state index contributed by atoms with van der Waals surface area (Å²) in [5.41, 5.74) is 1.16. The first-order valence-electron chi connectivity index (χ1n) is 7.86. The second-order valence-corrected chi connectivity index (χ2v) is 6.04. The van der Waals surface area contributed by atoms with E-state index in [2.05, 4.69) is 33.4 Å². The molecule has 2 atom stereocenters. The van der Waals surface area contributed by atoms with Crippen LogP contribution in [0.4, 0.5) is 5.82 Å². The molecule has 1 aromatic rings. The maximum atomic E-state index is 9.15. The molecule has 1 aromatic heterocycles. The normalized spacial score (nSPS) is 19.3. The minimum Gasteiger partial charge on any atom is -0.370 e. The molecular formula is C17H23N5. The average molecular weight is 297 g/mol. The first-order valence-corrected chi connectivity index (χ1v) is 7.86. The number of pyridine rings is 1. The van der Waals surface area contributed by atoms with E-state index < -0.39 is 0 Å². The number of nitrogens with zero attached hydrogens (tertiary/aromatic N) is 4. The molecule has 0 amide bonds. The van der Waals surface area contributed by atoms with E-state index in [4.69, 9.17) is 10.5 Å². The van der Waals surface area contributed by atoms with Crippen LogP contribution in [0.3, 0.4) is 0 Å². The summed E-state index contributed by atoms with van der Waals surface area (Å²) in [6, 6.07) is 8.51. The van der Waals surface area contributed by atoms with Crippen LogP contribution in [0, 0.1) is 41.4 Å². The van der Waals surface area contributed by atoms with E-state index in [0.29, 0.717) is 18.8 Å². The Morgan fingerprint density at radius 2 is 2.32 bits per heavy atom. The fourth-order valence-electron chi connectivity index (χ4n) is 2.81. The standard InChI is InChI=1S/C17H23N5/c1-14-4-5-17(20-10-14)21-11-16-6-8-22(13-16)12-15(9-19)3-2-7-18/h4-5,10,15-16H,2-3,6,8,11-13H2,1H3,(H,20,21)/t15-,16-/m1/s1. The van der Waals surface area contributed by atoms with Gasteiger partial charge in [0.05, 0.1) is 18.1 Å². The summed E-state index contributed by atoms with van der Waals surface area (Å²) in [5, 5.41) is 21.2. The third kappa shape index (κ3) is 5.02. The van der Waals surface area contributed by atoms with Crippen molar-refractivity contribution in [1.29, 1.82) is 10.5 Å². The van der Waals surface area contributed by atoms with Gasteiger partial charge in [0.1, 0.15) is 5.82 Å². The summed E-state index contributed by atoms with van der Waals surface area (Å²) >= 11 is 0. The quantitative estimate of drug-likeness (QED) is 0.837. The van der Waals surface area contributed by atoms with Gasteiger partial charge in [0.15, 0.2) is 0 Å². The lowest BCUT2D eigenvalue weighted by Crippen LogP contribution is -2.28. The smallest absolute Gasteiger partial charge is 0.125 e. The molecule has 2 heterocycles. The molecule has 1 saturated heterocycles. The SMILES string of the molecule is Cc1ccc(NC[C@H]2CCN(C[C@@H](C#N)CCC#N)C2)nc1. The van der Waals surface area contributed by atoms with E-state index in [0.717, 1.165) is 44.0 Å². The molecular weight excluding hydrogens is 274 g/mol. The second-order valence-electron chi connectivity index (χ2n) is 6.04. The van der Waals surface area contributed by atoms with Crippen molar-refractivity contribution in [2.75, 3.05) is 31.5 Å². The Morgan fingerprint density at radius 3 is 3.00 bits per heavy atom. The number of aryl methyl sites for hydroxylation is 1. The minimum atomic E-state index is -0.0230. The maximum absolute atomic E-state index is 9.15. The summed E-state index contributed by atoms with van der Waals surface area (Å²) in [6.45, 7) is 5.80. The number of anilines is 1. The molecule has 0 unspecified atom stereocenters. The highest BCUT2D eigenvalue weighted by Gasteiger charge is 2.24. The first-order chi connectivity index (χ1) is 10.7. The monoisotopic (exact) mass is 297 g/mol. The zero-order valence-electron chi connectivity index (χ0n) is 13.1. The van der Waals surface area contributed by atoms with E-state index in [1.807, 2.05) is 19.2 Å². The van der Waals surface area contributed by atoms with Crippen molar-refractivity contribution >= 4 is 5.82 Å². The third-order valence-electron chi connectivity index (χ3n) is 4.12. The van der Waals surface area contributed by atoms with Crippen LogP contribution >= 0.6 is 0 Å². The van der Waals surface area contributed by atoms with Crippen molar-refractivity contribution < 1.29 is 0 Å². The number of likely N-dealkylation sites (tertiary alicyclic amines) is 1. The van der Waals surface area contributed by atoms with Crippen LogP contribution in [-0.2, 0) is 0 Å². The molecule has 0 saturated carbocycles. The Labute approximate surface area is 132 Å². The Bertz CT molecular complexity index is 540. The average Bonchev–Trinajstić information content (AvgIpc) is 2.98. The molecule has 0 radical (unpaired) electrons. The van der Waals surface area contributed by atoms with Crippen LogP contribution in [0.15, 0.2) is 18.3 Å². The number of hydrogen-bond acceptors (Lipinski definition) is 5. The zero-order valence-corrected chi connectivity index (χ0v) is 13.1. The highest BCUT2D eigenvalue weighted by Crippen LogP contribution is 2.19. The van der Waals surface area contributed by atoms with Gasteiger partial charge in [-0.05, 0) is 43.9 Å². The molecule has 0 aliphatic carbocycles. The summed E-state index contributed by atoms with van der Waals surface area (Å²) in [5.74, 6) is 1.50. The number of nitrogens with one attached hydrogen (secondary N) is 1. The maximum Gasteiger partial charge on any atom is 0.125 e. The zero-order chi connectivity index (χ0) is 15.8. The molecule has 0 aromatic carbocycles. The van der Waals surface area contributed by atoms with E-state index >= 15 is 0 Å². The first kappa shape index (κ1) is 16.3. The van der Waals surface area contributed by atoms with Gasteiger partial charge in [-0.1, -0.05) is 6.07 Å². The molecule has 116 valence electrons. The molecule has 0 spiro atoms. The summed E-state index contributed by atoms with van der Waals surface area (Å²) in [6.07, 6.45) is 4.17. The fraction of sp³-hybridized carbons (Fsp3) is 0.588. The number of rotatable bonds is 7. The largest absolute Gasteiger partial charge is 0.370 e. The van der Waals surface area contributed by atoms with E-state index in [9.17, 15) is 0 Å². The molecule has 5 nitrogen and oxygen atoms in total. The summed E-state index contributed by atoms with van der Waals surface area (Å²) in [7, 11) is 0. The van der Waals surface area contributed by atoms with Crippen LogP contribution in [0.2, 0.25) is 0 Å². The number of aromatic nitrogens is 1. The van der Waals surface area contributed by atoms with Crippen LogP contribution in [0.5, 0.6) is 0 Å². The van der Waals surface area contributed by atoms with Gasteiger partial charge in [-0.15, -0.1) is 0 Å². The molecule has 1 N–H and O–H groups in total. The minimum absolute atomic E-state index is 0.0230. The predicted octanol–water partition coefficient (Wildman–Crippen LogP) is 2.57. The second kappa shape index (κ2) is 8.36. The summed E-state index contributed by atoms with van der Waals surface area (Å²) in [4.78, 5) is 6.70. The lowest BCUT2D eigenvalue weighted by atomic mass is 10.1. The Kier molecular flexibility index (Phi) is 6.18. The molecule has 1 aliphatic heterocycles. The van der Waals surface area contributed by atoms with Gasteiger partial charge in [0.2, 0.25) is 0 Å². The van der Waals surface area contributed by atoms with Crippen LogP contribution in [0.1, 0.15) is 24.8 Å². The Hall–Kier alpha value is -2.11. The van der Waals surface area contributed by atoms with Crippen molar-refractivity contribution in [1.82, 2.24) is 9.88 Å². The van der Waals surface area contributed by atoms with E-state index in [1.54, 1.807) is 0 Å². The highest BCUT2D eigenvalue weighted by molar-refractivity contribution is 5.35. The molecule has 1 fully saturated rings. The van der Waals surface area contributed by atoms with Crippen molar-refractivity contribution in [2.24, 2.45) is 11.8 Å². The van der Waals surface area contributed by atoms with E-state index in [1.165, 1.54) is 0 Å². The predicted molar refractivity (Wildman–Crippen MR) is 86.0 cm³/mol. The topological polar surface area (TPSA) is 75.7 Å². The number of hydrogen-bond donors (Lipinski definition) is 1. The van der Waals surface area contributed by atoms with Gasteiger partial charge in [-0.2, -0.15) is 10.5 Å². The van der Waals surface area contributed by atoms with Gasteiger partial charge in [-0.3, -0.25) is 0 Å². The lowest BCUT2D eigenvalue weighted by molar-refractivity contribution is 0.290. The lowest BCUT2D eigenvalue weighted by Gasteiger charge is -2.19. The third-order valence-corrected chi connectivity index (χ3v) is 4.12. The van der Waals surface area contributed by atoms with Crippen LogP contribution in [0.25, 0.3) is 0 Å². The Balaban J connectivity index is 1.72. The Morgan fingerprint density at radius 1 is 1.45 bits per heavy atom. The fourth-order valence-corrected chi connectivity index (χ4v) is 2.81. The molecule has 0 bridgehead atoms. The molecule has 1 aliphatic rings. The van der Waals surface area contributed by atoms with Gasteiger partial charge in [-0.25, -0.2) is 4.98 Å². The van der Waals surface area contributed by atoms with Crippen molar-refractivity contribution in [3.63, 3.8) is 0 Å².